The van der Waals surface area contributed by atoms with Crippen LogP contribution in [0.1, 0.15) is 17.0 Å². The number of hydrogen-bond donors (Lipinski definition) is 1. The molecule has 0 unspecified atom stereocenters. The number of nitrogens with one attached hydrogen (secondary N) is 1. The fraction of sp³-hybridized carbons (Fsp3) is 0.241. The van der Waals surface area contributed by atoms with Crippen LogP contribution in [0.25, 0.3) is 22.2 Å². The largest absolute Gasteiger partial charge is 0.493 e. The molecule has 46 heavy (non-hydrogen) atoms. The molecule has 0 aliphatic carbocycles. The smallest absolute Gasteiger partial charge is 0.416 e. The van der Waals surface area contributed by atoms with Crippen LogP contribution < -0.4 is 20.1 Å². The molecular formula is C29H23F7N6O4. The molecule has 2 aromatic heterocycles. The maximum absolute atomic E-state index is 15.4. The number of H-pyrrole nitrogens is 1. The van der Waals surface area contributed by atoms with Gasteiger partial charge in [-0.3, -0.25) is 13.9 Å². The zero-order valence-electron chi connectivity index (χ0n) is 24.1. The monoisotopic (exact) mass is 652 g/mol. The van der Waals surface area contributed by atoms with Crippen molar-refractivity contribution in [2.24, 2.45) is 7.05 Å². The van der Waals surface area contributed by atoms with E-state index in [1.165, 1.54) is 33.6 Å². The predicted octanol–water partition coefficient (Wildman–Crippen LogP) is 5.55. The van der Waals surface area contributed by atoms with Gasteiger partial charge in [0.15, 0.2) is 23.1 Å². The Morgan fingerprint density at radius 2 is 1.67 bits per heavy atom. The molecule has 0 saturated heterocycles. The van der Waals surface area contributed by atoms with E-state index in [0.29, 0.717) is 6.07 Å². The Bertz CT molecular complexity index is 1960. The highest BCUT2D eigenvalue weighted by molar-refractivity contribution is 5.97. The summed E-state index contributed by atoms with van der Waals surface area (Å²) in [4.78, 5) is 30.2. The molecule has 0 spiro atoms. The molecule has 1 N–H and O–H groups in total. The van der Waals surface area contributed by atoms with E-state index in [2.05, 4.69) is 15.2 Å². The summed E-state index contributed by atoms with van der Waals surface area (Å²) in [5, 5.41) is 7.31. The van der Waals surface area contributed by atoms with Gasteiger partial charge in [0, 0.05) is 25.3 Å². The number of amides is 1. The highest BCUT2D eigenvalue weighted by Crippen LogP contribution is 2.41. The molecule has 10 nitrogen and oxygen atoms in total. The Hall–Kier alpha value is -5.35. The number of aromatic nitrogens is 5. The molecular weight excluding hydrogens is 629 g/mol. The summed E-state index contributed by atoms with van der Waals surface area (Å²) in [7, 11) is 3.71. The Morgan fingerprint density at radius 1 is 1.00 bits per heavy atom. The Balaban J connectivity index is 1.58. The van der Waals surface area contributed by atoms with Crippen LogP contribution in [0.2, 0.25) is 0 Å². The SMILES string of the molecule is COc1cc(-c2cc(C(F)(F)F)cc3c2n(C)c(=O)n3CC(=O)N(C)c2ccc(C(F)(F)F)cc2)cc(F)c1OCc1nnc[nH]1. The van der Waals surface area contributed by atoms with Crippen molar-refractivity contribution >= 4 is 22.6 Å². The average molecular weight is 653 g/mol. The molecule has 0 atom stereocenters. The first-order chi connectivity index (χ1) is 21.6. The molecule has 2 heterocycles. The highest BCUT2D eigenvalue weighted by atomic mass is 19.4. The van der Waals surface area contributed by atoms with Crippen molar-refractivity contribution in [1.29, 1.82) is 0 Å². The number of benzene rings is 3. The van der Waals surface area contributed by atoms with Gasteiger partial charge in [0.1, 0.15) is 19.5 Å². The van der Waals surface area contributed by atoms with E-state index < -0.39 is 47.4 Å². The van der Waals surface area contributed by atoms with Crippen LogP contribution >= 0.6 is 0 Å². The topological polar surface area (TPSA) is 107 Å². The van der Waals surface area contributed by atoms with Gasteiger partial charge in [0.2, 0.25) is 5.91 Å². The lowest BCUT2D eigenvalue weighted by atomic mass is 9.99. The van der Waals surface area contributed by atoms with Gasteiger partial charge in [-0.25, -0.2) is 9.18 Å². The number of alkyl halides is 6. The van der Waals surface area contributed by atoms with Crippen LogP contribution in [0.15, 0.2) is 59.7 Å². The molecule has 0 saturated carbocycles. The second-order valence-electron chi connectivity index (χ2n) is 10.0. The maximum Gasteiger partial charge on any atom is 0.416 e. The molecule has 0 bridgehead atoms. The normalized spacial score (nSPS) is 12.0. The maximum atomic E-state index is 15.4. The van der Waals surface area contributed by atoms with Crippen molar-refractivity contribution < 1.29 is 45.0 Å². The summed E-state index contributed by atoms with van der Waals surface area (Å²) in [6.07, 6.45) is -8.24. The molecule has 0 aliphatic rings. The summed E-state index contributed by atoms with van der Waals surface area (Å²) in [5.41, 5.74) is -3.61. The zero-order valence-corrected chi connectivity index (χ0v) is 24.1. The molecule has 5 aromatic rings. The van der Waals surface area contributed by atoms with Gasteiger partial charge in [-0.2, -0.15) is 26.3 Å². The predicted molar refractivity (Wildman–Crippen MR) is 150 cm³/mol. The van der Waals surface area contributed by atoms with E-state index in [1.807, 2.05) is 0 Å². The van der Waals surface area contributed by atoms with Gasteiger partial charge < -0.3 is 19.4 Å². The number of nitrogens with zero attached hydrogens (tertiary/aromatic N) is 5. The number of rotatable bonds is 8. The molecule has 242 valence electrons. The molecule has 1 amide bonds. The third-order valence-electron chi connectivity index (χ3n) is 7.17. The Kier molecular flexibility index (Phi) is 8.27. The van der Waals surface area contributed by atoms with Crippen LogP contribution in [0, 0.1) is 5.82 Å². The summed E-state index contributed by atoms with van der Waals surface area (Å²) in [6, 6.07) is 7.21. The number of likely N-dealkylation sites (N-methyl/N-ethyl adjacent to an activating group) is 1. The number of carbonyl (C=O) groups is 1. The quantitative estimate of drug-likeness (QED) is 0.220. The summed E-state index contributed by atoms with van der Waals surface area (Å²) in [6.45, 7) is -0.993. The third-order valence-corrected chi connectivity index (χ3v) is 7.17. The van der Waals surface area contributed by atoms with Crippen molar-refractivity contribution in [3.63, 3.8) is 0 Å². The highest BCUT2D eigenvalue weighted by Gasteiger charge is 2.34. The Morgan fingerprint density at radius 3 is 2.26 bits per heavy atom. The lowest BCUT2D eigenvalue weighted by molar-refractivity contribution is -0.138. The van der Waals surface area contributed by atoms with E-state index in [1.54, 1.807) is 0 Å². The molecule has 17 heteroatoms. The number of aromatic amines is 1. The van der Waals surface area contributed by atoms with Crippen LogP contribution in [0.3, 0.4) is 0 Å². The Labute approximate surface area is 254 Å². The summed E-state index contributed by atoms with van der Waals surface area (Å²) in [5.74, 6) is -2.06. The molecule has 0 fully saturated rings. The first kappa shape index (κ1) is 32.1. The van der Waals surface area contributed by atoms with E-state index >= 15 is 4.39 Å². The summed E-state index contributed by atoms with van der Waals surface area (Å²) >= 11 is 0. The average Bonchev–Trinajstić information content (AvgIpc) is 3.61. The number of imidazole rings is 1. The van der Waals surface area contributed by atoms with E-state index in [0.717, 1.165) is 50.4 Å². The van der Waals surface area contributed by atoms with Gasteiger partial charge in [0.05, 0.1) is 29.3 Å². The minimum Gasteiger partial charge on any atom is -0.493 e. The fourth-order valence-corrected chi connectivity index (χ4v) is 4.81. The lowest BCUT2D eigenvalue weighted by Crippen LogP contribution is -2.34. The third kappa shape index (κ3) is 6.12. The fourth-order valence-electron chi connectivity index (χ4n) is 4.81. The summed E-state index contributed by atoms with van der Waals surface area (Å²) < 4.78 is 109. The standard InChI is InChI=1S/C29H23F7N6O4/c1-40(18-6-4-16(5-7-18)28(31,32)33)24(43)12-42-21-11-17(29(34,35)36)10-19(25(21)41(2)27(42)44)15-8-20(30)26(22(9-15)45-3)46-13-23-37-14-38-39-23/h4-11,14H,12-13H2,1-3H3,(H,37,38,39). The van der Waals surface area contributed by atoms with E-state index in [-0.39, 0.29) is 51.8 Å². The number of fused-ring (bicyclic) bond motifs is 1. The molecule has 0 radical (unpaired) electrons. The number of hydrogen-bond acceptors (Lipinski definition) is 6. The van der Waals surface area contributed by atoms with E-state index in [4.69, 9.17) is 9.47 Å². The molecule has 0 aliphatic heterocycles. The molecule has 3 aromatic carbocycles. The zero-order chi connectivity index (χ0) is 33.6. The number of methoxy groups -OCH3 is 1. The van der Waals surface area contributed by atoms with Crippen LogP contribution in [0.5, 0.6) is 11.5 Å². The first-order valence-corrected chi connectivity index (χ1v) is 13.2. The number of carbonyl (C=O) groups excluding carboxylic acids is 1. The van der Waals surface area contributed by atoms with Gasteiger partial charge in [-0.15, -0.1) is 10.2 Å². The van der Waals surface area contributed by atoms with Gasteiger partial charge in [0.25, 0.3) is 0 Å². The first-order valence-electron chi connectivity index (χ1n) is 13.2. The van der Waals surface area contributed by atoms with Crippen molar-refractivity contribution in [2.45, 2.75) is 25.5 Å². The number of anilines is 1. The van der Waals surface area contributed by atoms with Gasteiger partial charge in [-0.05, 0) is 54.1 Å². The second-order valence-corrected chi connectivity index (χ2v) is 10.0. The van der Waals surface area contributed by atoms with E-state index in [9.17, 15) is 35.9 Å². The number of aryl methyl sites for hydroxylation is 1. The number of ether oxygens (including phenoxy) is 2. The van der Waals surface area contributed by atoms with Crippen molar-refractivity contribution in [3.8, 4) is 22.6 Å². The van der Waals surface area contributed by atoms with Crippen molar-refractivity contribution in [2.75, 3.05) is 19.1 Å². The molecule has 5 rings (SSSR count). The second kappa shape index (κ2) is 11.9. The van der Waals surface area contributed by atoms with Gasteiger partial charge >= 0.3 is 18.0 Å². The van der Waals surface area contributed by atoms with Crippen molar-refractivity contribution in [1.82, 2.24) is 24.3 Å². The van der Waals surface area contributed by atoms with Crippen LogP contribution in [0.4, 0.5) is 36.4 Å². The lowest BCUT2D eigenvalue weighted by Gasteiger charge is -2.19. The van der Waals surface area contributed by atoms with Crippen molar-refractivity contribution in [3.05, 3.63) is 88.1 Å². The van der Waals surface area contributed by atoms with Gasteiger partial charge in [-0.1, -0.05) is 0 Å². The minimum absolute atomic E-state index is 0.0520. The minimum atomic E-state index is -4.91. The van der Waals surface area contributed by atoms with Crippen LogP contribution in [-0.4, -0.2) is 44.4 Å². The van der Waals surface area contributed by atoms with Crippen LogP contribution in [-0.2, 0) is 37.3 Å². The number of halogens is 7.